The lowest BCUT2D eigenvalue weighted by Gasteiger charge is -2.29. The van der Waals surface area contributed by atoms with Crippen molar-refractivity contribution in [3.8, 4) is 0 Å². The first-order valence-electron chi connectivity index (χ1n) is 6.54. The summed E-state index contributed by atoms with van der Waals surface area (Å²) in [5.41, 5.74) is 1.02. The van der Waals surface area contributed by atoms with E-state index in [0.717, 1.165) is 19.5 Å². The van der Waals surface area contributed by atoms with Gasteiger partial charge >= 0.3 is 0 Å². The molecule has 2 nitrogen and oxygen atoms in total. The molecule has 2 heterocycles. The normalized spacial score (nSPS) is 16.9. The minimum atomic E-state index is -1.14. The molecule has 0 amide bonds. The standard InChI is InChI=1S/C15H15F2NOS/c16-11-2-1-3-12(17)15(11)13(19)9-18-6-4-14-10(8-18)5-7-20-14/h1-3,5,7,13,19H,4,6,8-9H2. The van der Waals surface area contributed by atoms with Crippen molar-refractivity contribution >= 4 is 11.3 Å². The number of halogens is 2. The molecule has 0 spiro atoms. The molecule has 5 heteroatoms. The number of hydrogen-bond donors (Lipinski definition) is 1. The Morgan fingerprint density at radius 1 is 1.25 bits per heavy atom. The van der Waals surface area contributed by atoms with Crippen molar-refractivity contribution < 1.29 is 13.9 Å². The summed E-state index contributed by atoms with van der Waals surface area (Å²) in [5, 5.41) is 12.2. The van der Waals surface area contributed by atoms with E-state index in [9.17, 15) is 13.9 Å². The van der Waals surface area contributed by atoms with Gasteiger partial charge in [0.25, 0.3) is 0 Å². The van der Waals surface area contributed by atoms with E-state index in [4.69, 9.17) is 0 Å². The summed E-state index contributed by atoms with van der Waals surface area (Å²) in [4.78, 5) is 3.40. The van der Waals surface area contributed by atoms with Gasteiger partial charge in [0.15, 0.2) is 0 Å². The minimum Gasteiger partial charge on any atom is -0.387 e. The van der Waals surface area contributed by atoms with E-state index in [1.807, 2.05) is 4.90 Å². The molecule has 1 atom stereocenters. The van der Waals surface area contributed by atoms with Crippen molar-refractivity contribution in [2.75, 3.05) is 13.1 Å². The molecule has 1 aromatic carbocycles. The third-order valence-corrected chi connectivity index (χ3v) is 4.67. The Hall–Kier alpha value is -1.30. The van der Waals surface area contributed by atoms with Crippen LogP contribution in [0.5, 0.6) is 0 Å². The van der Waals surface area contributed by atoms with E-state index in [1.54, 1.807) is 11.3 Å². The van der Waals surface area contributed by atoms with Crippen molar-refractivity contribution in [3.05, 3.63) is 57.3 Å². The molecule has 1 unspecified atom stereocenters. The molecular weight excluding hydrogens is 280 g/mol. The monoisotopic (exact) mass is 295 g/mol. The van der Waals surface area contributed by atoms with Gasteiger partial charge < -0.3 is 5.11 Å². The first-order chi connectivity index (χ1) is 9.65. The lowest BCUT2D eigenvalue weighted by molar-refractivity contribution is 0.100. The number of aliphatic hydroxyl groups is 1. The van der Waals surface area contributed by atoms with Crippen LogP contribution >= 0.6 is 11.3 Å². The highest BCUT2D eigenvalue weighted by Gasteiger charge is 2.23. The Kier molecular flexibility index (Phi) is 3.83. The van der Waals surface area contributed by atoms with E-state index < -0.39 is 17.7 Å². The van der Waals surface area contributed by atoms with Gasteiger partial charge in [0.05, 0.1) is 11.7 Å². The predicted molar refractivity (Wildman–Crippen MR) is 74.6 cm³/mol. The fourth-order valence-electron chi connectivity index (χ4n) is 2.63. The molecule has 2 aromatic rings. The maximum atomic E-state index is 13.6. The second kappa shape index (κ2) is 5.60. The Morgan fingerprint density at radius 3 is 2.75 bits per heavy atom. The lowest BCUT2D eigenvalue weighted by atomic mass is 10.1. The fraction of sp³-hybridized carbons (Fsp3) is 0.333. The summed E-state index contributed by atoms with van der Waals surface area (Å²) in [6.07, 6.45) is -0.212. The Morgan fingerprint density at radius 2 is 2.00 bits per heavy atom. The van der Waals surface area contributed by atoms with Gasteiger partial charge in [0.2, 0.25) is 0 Å². The predicted octanol–water partition coefficient (Wildman–Crippen LogP) is 3.12. The van der Waals surface area contributed by atoms with Crippen molar-refractivity contribution in [1.82, 2.24) is 4.90 Å². The zero-order valence-corrected chi connectivity index (χ0v) is 11.7. The van der Waals surface area contributed by atoms with Crippen LogP contribution in [0.15, 0.2) is 29.6 Å². The van der Waals surface area contributed by atoms with E-state index in [2.05, 4.69) is 11.4 Å². The van der Waals surface area contributed by atoms with E-state index >= 15 is 0 Å². The van der Waals surface area contributed by atoms with Crippen molar-refractivity contribution in [2.45, 2.75) is 19.1 Å². The number of fused-ring (bicyclic) bond motifs is 1. The van der Waals surface area contributed by atoms with Crippen molar-refractivity contribution in [1.29, 1.82) is 0 Å². The molecule has 0 bridgehead atoms. The molecule has 0 aliphatic carbocycles. The number of β-amino-alcohol motifs (C(OH)–C–C–N with tert-alkyl or cyclic N) is 1. The minimum absolute atomic E-state index is 0.233. The smallest absolute Gasteiger partial charge is 0.131 e. The van der Waals surface area contributed by atoms with Gasteiger partial charge in [-0.2, -0.15) is 0 Å². The summed E-state index contributed by atoms with van der Waals surface area (Å²) in [7, 11) is 0. The van der Waals surface area contributed by atoms with Gasteiger partial charge in [-0.05, 0) is 35.6 Å². The van der Waals surface area contributed by atoms with Crippen molar-refractivity contribution in [3.63, 3.8) is 0 Å². The third kappa shape index (κ3) is 2.61. The Balaban J connectivity index is 1.72. The molecule has 20 heavy (non-hydrogen) atoms. The van der Waals surface area contributed by atoms with Crippen LogP contribution in [0, 0.1) is 11.6 Å². The van der Waals surface area contributed by atoms with Crippen LogP contribution in [0.1, 0.15) is 22.1 Å². The molecular formula is C15H15F2NOS. The lowest BCUT2D eigenvalue weighted by Crippen LogP contribution is -2.33. The Bertz CT molecular complexity index is 593. The van der Waals surface area contributed by atoms with Crippen LogP contribution in [0.2, 0.25) is 0 Å². The second-order valence-electron chi connectivity index (χ2n) is 5.01. The SMILES string of the molecule is OC(CN1CCc2sccc2C1)c1c(F)cccc1F. The van der Waals surface area contributed by atoms with Gasteiger partial charge in [0.1, 0.15) is 11.6 Å². The largest absolute Gasteiger partial charge is 0.387 e. The van der Waals surface area contributed by atoms with Gasteiger partial charge in [0, 0.05) is 24.5 Å². The number of thiophene rings is 1. The van der Waals surface area contributed by atoms with Crippen LogP contribution in [-0.4, -0.2) is 23.1 Å². The maximum absolute atomic E-state index is 13.6. The molecule has 0 saturated carbocycles. The molecule has 0 saturated heterocycles. The zero-order chi connectivity index (χ0) is 14.1. The number of hydrogen-bond acceptors (Lipinski definition) is 3. The molecule has 1 N–H and O–H groups in total. The maximum Gasteiger partial charge on any atom is 0.131 e. The first-order valence-corrected chi connectivity index (χ1v) is 7.42. The zero-order valence-electron chi connectivity index (χ0n) is 10.9. The molecule has 0 fully saturated rings. The van der Waals surface area contributed by atoms with Crippen LogP contribution in [0.3, 0.4) is 0 Å². The summed E-state index contributed by atoms with van der Waals surface area (Å²) >= 11 is 1.74. The molecule has 1 aromatic heterocycles. The summed E-state index contributed by atoms with van der Waals surface area (Å²) < 4.78 is 27.3. The topological polar surface area (TPSA) is 23.5 Å². The van der Waals surface area contributed by atoms with Gasteiger partial charge in [-0.25, -0.2) is 8.78 Å². The van der Waals surface area contributed by atoms with Crippen LogP contribution in [-0.2, 0) is 13.0 Å². The quantitative estimate of drug-likeness (QED) is 0.940. The summed E-state index contributed by atoms with van der Waals surface area (Å²) in [6.45, 7) is 1.78. The summed E-state index contributed by atoms with van der Waals surface area (Å²) in [5.74, 6) is -1.38. The number of rotatable bonds is 3. The molecule has 0 radical (unpaired) electrons. The number of benzene rings is 1. The molecule has 1 aliphatic heterocycles. The van der Waals surface area contributed by atoms with Gasteiger partial charge in [-0.1, -0.05) is 6.07 Å². The van der Waals surface area contributed by atoms with Crippen LogP contribution in [0.25, 0.3) is 0 Å². The van der Waals surface area contributed by atoms with Gasteiger partial charge in [-0.15, -0.1) is 11.3 Å². The van der Waals surface area contributed by atoms with Crippen LogP contribution < -0.4 is 0 Å². The van der Waals surface area contributed by atoms with E-state index in [-0.39, 0.29) is 12.1 Å². The average Bonchev–Trinajstić information content (AvgIpc) is 2.85. The Labute approximate surface area is 120 Å². The average molecular weight is 295 g/mol. The second-order valence-corrected chi connectivity index (χ2v) is 6.01. The molecule has 1 aliphatic rings. The third-order valence-electron chi connectivity index (χ3n) is 3.65. The molecule has 3 rings (SSSR count). The highest BCUT2D eigenvalue weighted by atomic mass is 32.1. The first kappa shape index (κ1) is 13.7. The van der Waals surface area contributed by atoms with E-state index in [1.165, 1.54) is 28.6 Å². The number of nitrogens with zero attached hydrogens (tertiary/aromatic N) is 1. The summed E-state index contributed by atoms with van der Waals surface area (Å²) in [6, 6.07) is 5.73. The van der Waals surface area contributed by atoms with E-state index in [0.29, 0.717) is 0 Å². The highest BCUT2D eigenvalue weighted by molar-refractivity contribution is 7.10. The highest BCUT2D eigenvalue weighted by Crippen LogP contribution is 2.27. The van der Waals surface area contributed by atoms with Gasteiger partial charge in [-0.3, -0.25) is 4.90 Å². The number of aliphatic hydroxyl groups excluding tert-OH is 1. The van der Waals surface area contributed by atoms with Crippen LogP contribution in [0.4, 0.5) is 8.78 Å². The fourth-order valence-corrected chi connectivity index (χ4v) is 3.52. The molecule has 106 valence electrons. The van der Waals surface area contributed by atoms with Crippen molar-refractivity contribution in [2.24, 2.45) is 0 Å².